The van der Waals surface area contributed by atoms with E-state index in [1.807, 2.05) is 0 Å². The van der Waals surface area contributed by atoms with Gasteiger partial charge in [0.2, 0.25) is 10.0 Å². The molecule has 0 spiro atoms. The smallest absolute Gasteiger partial charge is 0.338 e. The van der Waals surface area contributed by atoms with E-state index in [9.17, 15) is 18.0 Å². The molecule has 0 saturated carbocycles. The first-order chi connectivity index (χ1) is 12.2. The Balaban J connectivity index is 1.99. The van der Waals surface area contributed by atoms with Gasteiger partial charge in [-0.3, -0.25) is 4.79 Å². The predicted octanol–water partition coefficient (Wildman–Crippen LogP) is 2.39. The van der Waals surface area contributed by atoms with Gasteiger partial charge in [0.25, 0.3) is 5.91 Å². The largest absolute Gasteiger partial charge is 0.452 e. The van der Waals surface area contributed by atoms with Crippen LogP contribution in [0.2, 0.25) is 5.02 Å². The van der Waals surface area contributed by atoms with Crippen LogP contribution in [0.3, 0.4) is 0 Å². The van der Waals surface area contributed by atoms with Gasteiger partial charge in [0.05, 0.1) is 10.5 Å². The van der Waals surface area contributed by atoms with Crippen molar-refractivity contribution in [1.29, 1.82) is 0 Å². The first-order valence-corrected chi connectivity index (χ1v) is 9.27. The van der Waals surface area contributed by atoms with Gasteiger partial charge in [0, 0.05) is 24.8 Å². The van der Waals surface area contributed by atoms with Crippen molar-refractivity contribution in [3.8, 4) is 0 Å². The molecule has 1 amide bonds. The van der Waals surface area contributed by atoms with Gasteiger partial charge >= 0.3 is 5.97 Å². The molecule has 9 heteroatoms. The Morgan fingerprint density at radius 1 is 1.12 bits per heavy atom. The molecular formula is C17H17ClN2O5S. The van der Waals surface area contributed by atoms with Crippen molar-refractivity contribution in [3.63, 3.8) is 0 Å². The number of esters is 1. The molecule has 7 nitrogen and oxygen atoms in total. The maximum absolute atomic E-state index is 12.1. The number of benzene rings is 2. The summed E-state index contributed by atoms with van der Waals surface area (Å²) in [6.45, 7) is -0.518. The van der Waals surface area contributed by atoms with E-state index < -0.39 is 28.5 Å². The molecule has 0 atom stereocenters. The van der Waals surface area contributed by atoms with E-state index in [1.54, 1.807) is 12.1 Å². The standard InChI is InChI=1S/C17H17ClN2O5S/c1-20(2)26(23,24)15-8-4-7-14(10-15)19-16(21)11-25-17(22)12-5-3-6-13(18)9-12/h3-10H,11H2,1-2H3,(H,19,21). The monoisotopic (exact) mass is 396 g/mol. The summed E-state index contributed by atoms with van der Waals surface area (Å²) in [6, 6.07) is 11.9. The minimum absolute atomic E-state index is 0.0382. The second-order valence-corrected chi connectivity index (χ2v) is 8.04. The SMILES string of the molecule is CN(C)S(=O)(=O)c1cccc(NC(=O)COC(=O)c2cccc(Cl)c2)c1. The molecule has 138 valence electrons. The highest BCUT2D eigenvalue weighted by molar-refractivity contribution is 7.89. The van der Waals surface area contributed by atoms with Crippen LogP contribution < -0.4 is 5.32 Å². The van der Waals surface area contributed by atoms with Crippen LogP contribution >= 0.6 is 11.6 Å². The van der Waals surface area contributed by atoms with Gasteiger partial charge in [-0.25, -0.2) is 17.5 Å². The summed E-state index contributed by atoms with van der Waals surface area (Å²) in [6.07, 6.45) is 0. The molecule has 0 aliphatic rings. The third-order valence-corrected chi connectivity index (χ3v) is 5.34. The van der Waals surface area contributed by atoms with Gasteiger partial charge in [-0.2, -0.15) is 0 Å². The number of carbonyl (C=O) groups excluding carboxylic acids is 2. The molecule has 0 fully saturated rings. The Morgan fingerprint density at radius 2 is 1.81 bits per heavy atom. The van der Waals surface area contributed by atoms with Gasteiger partial charge in [0.15, 0.2) is 6.61 Å². The molecule has 2 aromatic carbocycles. The van der Waals surface area contributed by atoms with E-state index in [-0.39, 0.29) is 16.1 Å². The number of nitrogens with zero attached hydrogens (tertiary/aromatic N) is 1. The second kappa shape index (κ2) is 8.31. The molecule has 0 bridgehead atoms. The first-order valence-electron chi connectivity index (χ1n) is 7.45. The van der Waals surface area contributed by atoms with Crippen molar-refractivity contribution in [2.75, 3.05) is 26.0 Å². The highest BCUT2D eigenvalue weighted by atomic mass is 35.5. The number of sulfonamides is 1. The van der Waals surface area contributed by atoms with Gasteiger partial charge in [-0.15, -0.1) is 0 Å². The number of carbonyl (C=O) groups is 2. The minimum atomic E-state index is -3.62. The first kappa shape index (κ1) is 19.9. The number of rotatable bonds is 6. The average Bonchev–Trinajstić information content (AvgIpc) is 2.59. The Kier molecular flexibility index (Phi) is 6.36. The minimum Gasteiger partial charge on any atom is -0.452 e. The van der Waals surface area contributed by atoms with Crippen molar-refractivity contribution in [1.82, 2.24) is 4.31 Å². The second-order valence-electron chi connectivity index (χ2n) is 5.45. The number of halogens is 1. The van der Waals surface area contributed by atoms with E-state index in [0.29, 0.717) is 5.02 Å². The quantitative estimate of drug-likeness (QED) is 0.757. The Labute approximate surface area is 156 Å². The molecule has 2 aromatic rings. The van der Waals surface area contributed by atoms with E-state index in [1.165, 1.54) is 50.5 Å². The molecule has 0 heterocycles. The van der Waals surface area contributed by atoms with Crippen LogP contribution in [-0.2, 0) is 19.6 Å². The number of amides is 1. The topological polar surface area (TPSA) is 92.8 Å². The molecule has 0 saturated heterocycles. The van der Waals surface area contributed by atoms with Crippen molar-refractivity contribution >= 4 is 39.2 Å². The average molecular weight is 397 g/mol. The third-order valence-electron chi connectivity index (χ3n) is 3.29. The summed E-state index contributed by atoms with van der Waals surface area (Å²) in [7, 11) is -0.792. The Bertz CT molecular complexity index is 928. The van der Waals surface area contributed by atoms with E-state index in [2.05, 4.69) is 5.32 Å². The fourth-order valence-electron chi connectivity index (χ4n) is 1.97. The predicted molar refractivity (Wildman–Crippen MR) is 97.7 cm³/mol. The van der Waals surface area contributed by atoms with Crippen LogP contribution in [-0.4, -0.2) is 45.3 Å². The lowest BCUT2D eigenvalue weighted by atomic mass is 10.2. The maximum atomic E-state index is 12.1. The molecule has 0 aliphatic heterocycles. The van der Waals surface area contributed by atoms with Gasteiger partial charge in [0.1, 0.15) is 0 Å². The molecule has 0 aliphatic carbocycles. The lowest BCUT2D eigenvalue weighted by molar-refractivity contribution is -0.119. The summed E-state index contributed by atoms with van der Waals surface area (Å²) in [5.74, 6) is -1.29. The molecule has 0 unspecified atom stereocenters. The molecule has 0 aromatic heterocycles. The molecule has 1 N–H and O–H groups in total. The lowest BCUT2D eigenvalue weighted by Gasteiger charge is -2.12. The highest BCUT2D eigenvalue weighted by Crippen LogP contribution is 2.18. The van der Waals surface area contributed by atoms with Crippen LogP contribution in [0, 0.1) is 0 Å². The van der Waals surface area contributed by atoms with Gasteiger partial charge in [-0.05, 0) is 36.4 Å². The molecule has 2 rings (SSSR count). The zero-order valence-corrected chi connectivity index (χ0v) is 15.7. The van der Waals surface area contributed by atoms with E-state index >= 15 is 0 Å². The number of hydrogen-bond acceptors (Lipinski definition) is 5. The molecule has 26 heavy (non-hydrogen) atoms. The van der Waals surface area contributed by atoms with Crippen LogP contribution in [0.15, 0.2) is 53.4 Å². The van der Waals surface area contributed by atoms with Gasteiger partial charge < -0.3 is 10.1 Å². The number of anilines is 1. The zero-order valence-electron chi connectivity index (χ0n) is 14.1. The highest BCUT2D eigenvalue weighted by Gasteiger charge is 2.18. The number of nitrogens with one attached hydrogen (secondary N) is 1. The van der Waals surface area contributed by atoms with Gasteiger partial charge in [-0.1, -0.05) is 23.7 Å². The zero-order chi connectivity index (χ0) is 19.3. The van der Waals surface area contributed by atoms with Crippen molar-refractivity contribution < 1.29 is 22.7 Å². The van der Waals surface area contributed by atoms with Crippen LogP contribution in [0.5, 0.6) is 0 Å². The fourth-order valence-corrected chi connectivity index (χ4v) is 3.11. The van der Waals surface area contributed by atoms with E-state index in [0.717, 1.165) is 4.31 Å². The lowest BCUT2D eigenvalue weighted by Crippen LogP contribution is -2.23. The maximum Gasteiger partial charge on any atom is 0.338 e. The summed E-state index contributed by atoms with van der Waals surface area (Å²) in [4.78, 5) is 23.8. The Morgan fingerprint density at radius 3 is 2.46 bits per heavy atom. The van der Waals surface area contributed by atoms with Crippen LogP contribution in [0.1, 0.15) is 10.4 Å². The van der Waals surface area contributed by atoms with Crippen molar-refractivity contribution in [3.05, 3.63) is 59.1 Å². The van der Waals surface area contributed by atoms with Crippen LogP contribution in [0.25, 0.3) is 0 Å². The summed E-state index contributed by atoms with van der Waals surface area (Å²) in [5.41, 5.74) is 0.501. The molecular weight excluding hydrogens is 380 g/mol. The van der Waals surface area contributed by atoms with E-state index in [4.69, 9.17) is 16.3 Å². The summed E-state index contributed by atoms with van der Waals surface area (Å²) in [5, 5.41) is 2.86. The number of ether oxygens (including phenoxy) is 1. The summed E-state index contributed by atoms with van der Waals surface area (Å²) >= 11 is 5.79. The fraction of sp³-hybridized carbons (Fsp3) is 0.176. The molecule has 0 radical (unpaired) electrons. The van der Waals surface area contributed by atoms with Crippen molar-refractivity contribution in [2.45, 2.75) is 4.90 Å². The third kappa shape index (κ3) is 5.04. The van der Waals surface area contributed by atoms with Crippen LogP contribution in [0.4, 0.5) is 5.69 Å². The van der Waals surface area contributed by atoms with Crippen molar-refractivity contribution in [2.24, 2.45) is 0 Å². The normalized spacial score (nSPS) is 11.2. The Hall–Kier alpha value is -2.42. The summed E-state index contributed by atoms with van der Waals surface area (Å²) < 4.78 is 30.2. The number of hydrogen-bond donors (Lipinski definition) is 1.